The van der Waals surface area contributed by atoms with Crippen LogP contribution >= 0.6 is 0 Å². The van der Waals surface area contributed by atoms with Gasteiger partial charge in [-0.05, 0) is 18.4 Å². The fourth-order valence-electron chi connectivity index (χ4n) is 3.77. The van der Waals surface area contributed by atoms with Gasteiger partial charge in [-0.2, -0.15) is 0 Å². The van der Waals surface area contributed by atoms with Gasteiger partial charge in [0.25, 0.3) is 0 Å². The average molecular weight is 343 g/mol. The van der Waals surface area contributed by atoms with Gasteiger partial charge in [0.1, 0.15) is 0 Å². The van der Waals surface area contributed by atoms with E-state index >= 15 is 0 Å². The van der Waals surface area contributed by atoms with Crippen molar-refractivity contribution in [2.75, 3.05) is 26.2 Å². The van der Waals surface area contributed by atoms with E-state index in [9.17, 15) is 14.4 Å². The van der Waals surface area contributed by atoms with Gasteiger partial charge >= 0.3 is 0 Å². The quantitative estimate of drug-likeness (QED) is 0.881. The van der Waals surface area contributed by atoms with E-state index in [-0.39, 0.29) is 36.1 Å². The number of likely N-dealkylation sites (tertiary alicyclic amines) is 1. The number of rotatable bonds is 2. The summed E-state index contributed by atoms with van der Waals surface area (Å²) in [5.74, 6) is -0.142. The molecule has 6 nitrogen and oxygen atoms in total. The second kappa shape index (κ2) is 7.68. The van der Waals surface area contributed by atoms with Crippen LogP contribution in [0, 0.1) is 5.92 Å². The van der Waals surface area contributed by atoms with Gasteiger partial charge in [0, 0.05) is 33.1 Å². The molecule has 2 atom stereocenters. The molecule has 2 aliphatic heterocycles. The number of piperidine rings is 1. The Bertz CT molecular complexity index is 647. The molecule has 134 valence electrons. The van der Waals surface area contributed by atoms with Gasteiger partial charge in [0.15, 0.2) is 0 Å². The fraction of sp³-hybridized carbons (Fsp3) is 0.526. The second-order valence-electron chi connectivity index (χ2n) is 6.82. The zero-order chi connectivity index (χ0) is 17.8. The summed E-state index contributed by atoms with van der Waals surface area (Å²) < 4.78 is 0. The second-order valence-corrected chi connectivity index (χ2v) is 6.82. The van der Waals surface area contributed by atoms with E-state index in [1.54, 1.807) is 11.8 Å². The van der Waals surface area contributed by atoms with Crippen molar-refractivity contribution in [1.29, 1.82) is 0 Å². The zero-order valence-electron chi connectivity index (χ0n) is 14.6. The maximum absolute atomic E-state index is 13.2. The lowest BCUT2D eigenvalue weighted by Gasteiger charge is -2.37. The van der Waals surface area contributed by atoms with Gasteiger partial charge in [0.2, 0.25) is 17.7 Å². The monoisotopic (exact) mass is 343 g/mol. The normalized spacial score (nSPS) is 24.4. The van der Waals surface area contributed by atoms with E-state index in [1.165, 1.54) is 0 Å². The zero-order valence-corrected chi connectivity index (χ0v) is 14.6. The van der Waals surface area contributed by atoms with Crippen LogP contribution in [-0.4, -0.2) is 53.7 Å². The van der Waals surface area contributed by atoms with Crippen molar-refractivity contribution in [3.05, 3.63) is 35.9 Å². The van der Waals surface area contributed by atoms with E-state index in [4.69, 9.17) is 0 Å². The highest BCUT2D eigenvalue weighted by molar-refractivity contribution is 5.83. The average Bonchev–Trinajstić information content (AvgIpc) is 2.83. The van der Waals surface area contributed by atoms with Crippen LogP contribution in [-0.2, 0) is 14.4 Å². The van der Waals surface area contributed by atoms with Crippen LogP contribution < -0.4 is 5.32 Å². The summed E-state index contributed by atoms with van der Waals surface area (Å²) in [6, 6.07) is 9.47. The molecule has 25 heavy (non-hydrogen) atoms. The predicted molar refractivity (Wildman–Crippen MR) is 93.5 cm³/mol. The molecule has 0 radical (unpaired) electrons. The molecule has 3 amide bonds. The number of carbonyl (C=O) groups is 3. The Balaban J connectivity index is 1.82. The van der Waals surface area contributed by atoms with E-state index in [0.717, 1.165) is 24.9 Å². The number of nitrogens with zero attached hydrogens (tertiary/aromatic N) is 2. The first-order valence-electron chi connectivity index (χ1n) is 8.94. The molecule has 2 unspecified atom stereocenters. The van der Waals surface area contributed by atoms with Gasteiger partial charge in [-0.25, -0.2) is 0 Å². The van der Waals surface area contributed by atoms with E-state index in [2.05, 4.69) is 5.32 Å². The Morgan fingerprint density at radius 3 is 2.64 bits per heavy atom. The molecule has 2 fully saturated rings. The lowest BCUT2D eigenvalue weighted by atomic mass is 9.94. The third-order valence-electron chi connectivity index (χ3n) is 5.11. The molecular formula is C19H25N3O3. The van der Waals surface area contributed by atoms with Crippen molar-refractivity contribution in [3.8, 4) is 0 Å². The highest BCUT2D eigenvalue weighted by Crippen LogP contribution is 2.29. The van der Waals surface area contributed by atoms with Gasteiger partial charge < -0.3 is 15.1 Å². The fourth-order valence-corrected chi connectivity index (χ4v) is 3.77. The molecule has 2 heterocycles. The molecule has 0 saturated carbocycles. The number of nitrogens with one attached hydrogen (secondary N) is 1. The number of hydrogen-bond donors (Lipinski definition) is 1. The van der Waals surface area contributed by atoms with Gasteiger partial charge in [-0.15, -0.1) is 0 Å². The van der Waals surface area contributed by atoms with Crippen molar-refractivity contribution in [1.82, 2.24) is 15.1 Å². The summed E-state index contributed by atoms with van der Waals surface area (Å²) in [6.07, 6.45) is 1.91. The maximum atomic E-state index is 13.2. The first-order valence-corrected chi connectivity index (χ1v) is 8.94. The Morgan fingerprint density at radius 2 is 1.92 bits per heavy atom. The van der Waals surface area contributed by atoms with E-state index in [1.807, 2.05) is 35.2 Å². The van der Waals surface area contributed by atoms with Gasteiger partial charge in [-0.1, -0.05) is 30.3 Å². The first kappa shape index (κ1) is 17.5. The molecule has 1 N–H and O–H groups in total. The summed E-state index contributed by atoms with van der Waals surface area (Å²) >= 11 is 0. The molecule has 3 rings (SSSR count). The molecular weight excluding hydrogens is 318 g/mol. The Kier molecular flexibility index (Phi) is 5.36. The largest absolute Gasteiger partial charge is 0.354 e. The maximum Gasteiger partial charge on any atom is 0.228 e. The topological polar surface area (TPSA) is 69.7 Å². The minimum atomic E-state index is -0.246. The molecule has 1 aromatic carbocycles. The van der Waals surface area contributed by atoms with Crippen molar-refractivity contribution < 1.29 is 14.4 Å². The van der Waals surface area contributed by atoms with Crippen LogP contribution in [0.2, 0.25) is 0 Å². The number of amides is 3. The first-order chi connectivity index (χ1) is 12.1. The lowest BCUT2D eigenvalue weighted by Crippen LogP contribution is -2.47. The summed E-state index contributed by atoms with van der Waals surface area (Å²) in [5, 5.41) is 2.86. The minimum Gasteiger partial charge on any atom is -0.354 e. The Labute approximate surface area is 148 Å². The van der Waals surface area contributed by atoms with Crippen molar-refractivity contribution in [2.45, 2.75) is 32.2 Å². The Hall–Kier alpha value is -2.37. The summed E-state index contributed by atoms with van der Waals surface area (Å²) in [7, 11) is 0. The number of carbonyl (C=O) groups excluding carboxylic acids is 3. The molecule has 0 spiro atoms. The predicted octanol–water partition coefficient (Wildman–Crippen LogP) is 1.33. The number of benzene rings is 1. The van der Waals surface area contributed by atoms with Crippen LogP contribution in [0.4, 0.5) is 0 Å². The third kappa shape index (κ3) is 4.00. The minimum absolute atomic E-state index is 0.0184. The molecule has 0 aromatic heterocycles. The molecule has 1 aromatic rings. The van der Waals surface area contributed by atoms with Crippen LogP contribution in [0.5, 0.6) is 0 Å². The van der Waals surface area contributed by atoms with Crippen LogP contribution in [0.15, 0.2) is 30.3 Å². The van der Waals surface area contributed by atoms with Crippen molar-refractivity contribution in [2.24, 2.45) is 5.92 Å². The Morgan fingerprint density at radius 1 is 1.16 bits per heavy atom. The van der Waals surface area contributed by atoms with Gasteiger partial charge in [0.05, 0.1) is 18.4 Å². The standard InChI is InChI=1S/C19H25N3O3/c1-14(23)21-10-5-8-16(13-21)19(25)22-11-9-20-18(24)12-17(22)15-6-3-2-4-7-15/h2-4,6-7,16-17H,5,8-13H2,1H3,(H,20,24). The molecule has 2 saturated heterocycles. The summed E-state index contributed by atoms with van der Waals surface area (Å²) in [4.78, 5) is 40.5. The smallest absolute Gasteiger partial charge is 0.228 e. The number of hydrogen-bond acceptors (Lipinski definition) is 3. The molecule has 2 aliphatic rings. The van der Waals surface area contributed by atoms with E-state index in [0.29, 0.717) is 19.6 Å². The molecule has 6 heteroatoms. The third-order valence-corrected chi connectivity index (χ3v) is 5.11. The highest BCUT2D eigenvalue weighted by Gasteiger charge is 2.35. The molecule has 0 bridgehead atoms. The van der Waals surface area contributed by atoms with Crippen LogP contribution in [0.1, 0.15) is 37.8 Å². The SMILES string of the molecule is CC(=O)N1CCCC(C(=O)N2CCNC(=O)CC2c2ccccc2)C1. The van der Waals surface area contributed by atoms with Gasteiger partial charge in [-0.3, -0.25) is 14.4 Å². The highest BCUT2D eigenvalue weighted by atomic mass is 16.2. The van der Waals surface area contributed by atoms with Crippen LogP contribution in [0.25, 0.3) is 0 Å². The summed E-state index contributed by atoms with van der Waals surface area (Å²) in [6.45, 7) is 3.72. The summed E-state index contributed by atoms with van der Waals surface area (Å²) in [5.41, 5.74) is 0.979. The van der Waals surface area contributed by atoms with E-state index < -0.39 is 0 Å². The molecule has 0 aliphatic carbocycles. The van der Waals surface area contributed by atoms with Crippen molar-refractivity contribution in [3.63, 3.8) is 0 Å². The lowest BCUT2D eigenvalue weighted by molar-refractivity contribution is -0.142. The van der Waals surface area contributed by atoms with Crippen LogP contribution in [0.3, 0.4) is 0 Å². The van der Waals surface area contributed by atoms with Crippen molar-refractivity contribution >= 4 is 17.7 Å².